The van der Waals surface area contributed by atoms with Crippen molar-refractivity contribution in [1.29, 1.82) is 0 Å². The predicted molar refractivity (Wildman–Crippen MR) is 167 cm³/mol. The average Bonchev–Trinajstić information content (AvgIpc) is 3.28. The number of unbranched alkanes of at least 4 members (excludes halogenated alkanes) is 4. The molecule has 2 aliphatic rings. The van der Waals surface area contributed by atoms with Crippen LogP contribution in [0.1, 0.15) is 75.2 Å². The van der Waals surface area contributed by atoms with Gasteiger partial charge in [-0.05, 0) is 74.0 Å². The van der Waals surface area contributed by atoms with Gasteiger partial charge >= 0.3 is 6.03 Å². The fraction of sp³-hybridized carbons (Fsp3) is 0.562. The SMILES string of the molecule is CC1(C)OCc2cc([C@@H](O)CNCCCCCCOCCCCc3cccc(N4C(=O)CN(S(C)(=O)=O)C4=O)c3)ccc2O1. The number of nitrogens with zero attached hydrogens (tertiary/aromatic N) is 2. The first-order valence-electron chi connectivity index (χ1n) is 15.3. The lowest BCUT2D eigenvalue weighted by Gasteiger charge is -2.33. The molecule has 0 bridgehead atoms. The number of carbonyl (C=O) groups is 2. The third-order valence-corrected chi connectivity index (χ3v) is 8.72. The van der Waals surface area contributed by atoms with Crippen LogP contribution >= 0.6 is 0 Å². The molecule has 0 spiro atoms. The van der Waals surface area contributed by atoms with Gasteiger partial charge in [-0.15, -0.1) is 0 Å². The number of amides is 3. The highest BCUT2D eigenvalue weighted by atomic mass is 32.2. The zero-order valence-corrected chi connectivity index (χ0v) is 26.7. The maximum Gasteiger partial charge on any atom is 0.345 e. The van der Waals surface area contributed by atoms with Gasteiger partial charge in [-0.2, -0.15) is 0 Å². The molecule has 242 valence electrons. The molecule has 2 N–H and O–H groups in total. The van der Waals surface area contributed by atoms with Crippen LogP contribution in [0, 0.1) is 0 Å². The first kappa shape index (κ1) is 33.9. The summed E-state index contributed by atoms with van der Waals surface area (Å²) in [5.74, 6) is -0.381. The number of carbonyl (C=O) groups excluding carboxylic acids is 2. The molecule has 1 fully saturated rings. The van der Waals surface area contributed by atoms with Crippen LogP contribution in [0.25, 0.3) is 0 Å². The number of ether oxygens (including phenoxy) is 3. The van der Waals surface area contributed by atoms with Crippen LogP contribution in [0.5, 0.6) is 5.75 Å². The van der Waals surface area contributed by atoms with Gasteiger partial charge in [0.25, 0.3) is 5.91 Å². The molecule has 2 aromatic carbocycles. The van der Waals surface area contributed by atoms with Gasteiger partial charge in [-0.25, -0.2) is 22.4 Å². The number of aryl methyl sites for hydroxylation is 1. The molecule has 12 heteroatoms. The molecular weight excluding hydrogens is 586 g/mol. The van der Waals surface area contributed by atoms with E-state index in [2.05, 4.69) is 5.32 Å². The van der Waals surface area contributed by atoms with Crippen molar-refractivity contribution in [3.05, 3.63) is 59.2 Å². The summed E-state index contributed by atoms with van der Waals surface area (Å²) in [6.45, 7) is 6.51. The second-order valence-electron chi connectivity index (χ2n) is 11.8. The Morgan fingerprint density at radius 1 is 1.02 bits per heavy atom. The highest BCUT2D eigenvalue weighted by Crippen LogP contribution is 2.33. The van der Waals surface area contributed by atoms with Gasteiger partial charge in [0.15, 0.2) is 0 Å². The average molecular weight is 632 g/mol. The van der Waals surface area contributed by atoms with Crippen molar-refractivity contribution in [3.63, 3.8) is 0 Å². The molecule has 0 saturated carbocycles. The molecular formula is C32H45N3O8S. The molecule has 2 heterocycles. The zero-order valence-electron chi connectivity index (χ0n) is 25.9. The first-order chi connectivity index (χ1) is 20.9. The summed E-state index contributed by atoms with van der Waals surface area (Å²) in [4.78, 5) is 25.7. The number of imide groups is 1. The summed E-state index contributed by atoms with van der Waals surface area (Å²) in [5.41, 5.74) is 3.16. The fourth-order valence-electron chi connectivity index (χ4n) is 5.21. The smallest absolute Gasteiger partial charge is 0.345 e. The van der Waals surface area contributed by atoms with Crippen molar-refractivity contribution in [1.82, 2.24) is 9.62 Å². The quantitative estimate of drug-likeness (QED) is 0.194. The van der Waals surface area contributed by atoms with Gasteiger partial charge < -0.3 is 24.6 Å². The summed E-state index contributed by atoms with van der Waals surface area (Å²) in [7, 11) is -3.80. The highest BCUT2D eigenvalue weighted by Gasteiger charge is 2.42. The highest BCUT2D eigenvalue weighted by molar-refractivity contribution is 7.89. The normalized spacial score (nSPS) is 17.1. The topological polar surface area (TPSA) is 135 Å². The van der Waals surface area contributed by atoms with Crippen molar-refractivity contribution in [2.75, 3.05) is 44.0 Å². The number of aliphatic hydroxyl groups is 1. The van der Waals surface area contributed by atoms with Gasteiger partial charge in [0.2, 0.25) is 15.8 Å². The monoisotopic (exact) mass is 631 g/mol. The second-order valence-corrected chi connectivity index (χ2v) is 13.7. The number of sulfonamides is 1. The van der Waals surface area contributed by atoms with E-state index in [0.29, 0.717) is 29.8 Å². The van der Waals surface area contributed by atoms with E-state index in [-0.39, 0.29) is 0 Å². The van der Waals surface area contributed by atoms with Crippen LogP contribution in [0.4, 0.5) is 10.5 Å². The third-order valence-electron chi connectivity index (χ3n) is 7.64. The Morgan fingerprint density at radius 3 is 2.52 bits per heavy atom. The number of nitrogens with one attached hydrogen (secondary N) is 1. The molecule has 0 aliphatic carbocycles. The van der Waals surface area contributed by atoms with E-state index >= 15 is 0 Å². The molecule has 0 aromatic heterocycles. The zero-order chi connectivity index (χ0) is 31.7. The van der Waals surface area contributed by atoms with Crippen LogP contribution in [-0.2, 0) is 37.3 Å². The van der Waals surface area contributed by atoms with Crippen molar-refractivity contribution < 1.29 is 37.3 Å². The fourth-order valence-corrected chi connectivity index (χ4v) is 5.92. The minimum absolute atomic E-state index is 0.385. The lowest BCUT2D eigenvalue weighted by atomic mass is 10.0. The van der Waals surface area contributed by atoms with Crippen LogP contribution in [0.15, 0.2) is 42.5 Å². The van der Waals surface area contributed by atoms with Crippen molar-refractivity contribution in [2.45, 2.75) is 77.3 Å². The minimum atomic E-state index is -3.80. The number of fused-ring (bicyclic) bond motifs is 1. The Kier molecular flexibility index (Phi) is 11.8. The van der Waals surface area contributed by atoms with E-state index in [0.717, 1.165) is 91.7 Å². The predicted octanol–water partition coefficient (Wildman–Crippen LogP) is 4.28. The molecule has 44 heavy (non-hydrogen) atoms. The summed E-state index contributed by atoms with van der Waals surface area (Å²) >= 11 is 0. The Labute approximate surface area is 260 Å². The van der Waals surface area contributed by atoms with Gasteiger partial charge in [-0.1, -0.05) is 31.0 Å². The molecule has 11 nitrogen and oxygen atoms in total. The lowest BCUT2D eigenvalue weighted by Crippen LogP contribution is -2.36. The van der Waals surface area contributed by atoms with E-state index < -0.39 is 40.4 Å². The van der Waals surface area contributed by atoms with E-state index in [1.807, 2.05) is 38.1 Å². The molecule has 3 amide bonds. The maximum absolute atomic E-state index is 12.5. The van der Waals surface area contributed by atoms with E-state index in [4.69, 9.17) is 14.2 Å². The second kappa shape index (κ2) is 15.3. The molecule has 2 aliphatic heterocycles. The van der Waals surface area contributed by atoms with E-state index in [1.54, 1.807) is 18.2 Å². The van der Waals surface area contributed by atoms with E-state index in [9.17, 15) is 23.1 Å². The summed E-state index contributed by atoms with van der Waals surface area (Å²) in [6, 6.07) is 12.0. The Bertz CT molecular complexity index is 1400. The number of rotatable bonds is 17. The molecule has 0 radical (unpaired) electrons. The number of hydrogen-bond donors (Lipinski definition) is 2. The van der Waals surface area contributed by atoms with E-state index in [1.165, 1.54) is 0 Å². The standard InChI is InChI=1S/C32H45N3O8S/c1-32(2)42-23-26-20-25(14-15-29(26)43-32)28(36)21-33-16-7-4-5-8-17-41-18-9-6-11-24-12-10-13-27(19-24)35-30(37)22-34(31(35)38)44(3,39)40/h10,12-15,19-20,28,33,36H,4-9,11,16-18,21-23H2,1-3H3/t28-/m0/s1. The van der Waals surface area contributed by atoms with Gasteiger partial charge in [0.05, 0.1) is 24.7 Å². The van der Waals surface area contributed by atoms with Crippen LogP contribution in [0.2, 0.25) is 0 Å². The Morgan fingerprint density at radius 2 is 1.77 bits per heavy atom. The van der Waals surface area contributed by atoms with Gasteiger partial charge in [0, 0.05) is 39.2 Å². The molecule has 4 rings (SSSR count). The van der Waals surface area contributed by atoms with Crippen molar-refractivity contribution >= 4 is 27.6 Å². The molecule has 2 aromatic rings. The third kappa shape index (κ3) is 9.48. The van der Waals surface area contributed by atoms with Crippen molar-refractivity contribution in [2.24, 2.45) is 0 Å². The van der Waals surface area contributed by atoms with Gasteiger partial charge in [-0.3, -0.25) is 4.79 Å². The van der Waals surface area contributed by atoms with Crippen LogP contribution in [0.3, 0.4) is 0 Å². The maximum atomic E-state index is 12.5. The number of aliphatic hydroxyl groups excluding tert-OH is 1. The number of urea groups is 1. The van der Waals surface area contributed by atoms with Crippen LogP contribution in [-0.4, -0.2) is 74.7 Å². The largest absolute Gasteiger partial charge is 0.463 e. The lowest BCUT2D eigenvalue weighted by molar-refractivity contribution is -0.180. The Hall–Kier alpha value is -3.03. The Balaban J connectivity index is 1.01. The van der Waals surface area contributed by atoms with Crippen molar-refractivity contribution in [3.8, 4) is 5.75 Å². The summed E-state index contributed by atoms with van der Waals surface area (Å²) in [6.07, 6.45) is 7.09. The molecule has 1 atom stereocenters. The van der Waals surface area contributed by atoms with Crippen LogP contribution < -0.4 is 15.0 Å². The summed E-state index contributed by atoms with van der Waals surface area (Å²) < 4.78 is 41.4. The molecule has 1 saturated heterocycles. The number of hydrogen-bond acceptors (Lipinski definition) is 9. The molecule has 0 unspecified atom stereocenters. The minimum Gasteiger partial charge on any atom is -0.463 e. The number of anilines is 1. The number of benzene rings is 2. The van der Waals surface area contributed by atoms with Gasteiger partial charge in [0.1, 0.15) is 12.3 Å². The first-order valence-corrected chi connectivity index (χ1v) is 17.2. The summed E-state index contributed by atoms with van der Waals surface area (Å²) in [5, 5.41) is 13.9.